The van der Waals surface area contributed by atoms with E-state index in [2.05, 4.69) is 20.0 Å². The van der Waals surface area contributed by atoms with Gasteiger partial charge >= 0.3 is 0 Å². The molecule has 0 fully saturated rings. The molecule has 0 aliphatic rings. The van der Waals surface area contributed by atoms with Gasteiger partial charge in [-0.1, -0.05) is 10.3 Å². The van der Waals surface area contributed by atoms with Crippen LogP contribution in [-0.2, 0) is 9.68 Å². The van der Waals surface area contributed by atoms with Crippen molar-refractivity contribution in [3.8, 4) is 0 Å². The fraction of sp³-hybridized carbons (Fsp3) is 0.667. The Kier molecular flexibility index (Phi) is 4.28. The third kappa shape index (κ3) is 3.06. The van der Waals surface area contributed by atoms with Gasteiger partial charge in [-0.2, -0.15) is 0 Å². The Morgan fingerprint density at radius 2 is 1.20 bits per heavy atom. The van der Waals surface area contributed by atoms with Crippen LogP contribution in [0.3, 0.4) is 0 Å². The van der Waals surface area contributed by atoms with E-state index in [1.165, 1.54) is 14.2 Å². The van der Waals surface area contributed by atoms with Crippen LogP contribution in [0.15, 0.2) is 10.3 Å². The first-order valence-corrected chi connectivity index (χ1v) is 2.88. The summed E-state index contributed by atoms with van der Waals surface area (Å²) in [6, 6.07) is 0. The van der Waals surface area contributed by atoms with Gasteiger partial charge in [-0.05, 0) is 13.8 Å². The average molecular weight is 144 g/mol. The lowest BCUT2D eigenvalue weighted by Gasteiger charge is -1.95. The standard InChI is InChI=1S/C6H12N2O2/c1-5(7-9-3)6(2)8-10-4/h1-4H3/b7-5-,8-6-. The number of nitrogens with zero attached hydrogens (tertiary/aromatic N) is 2. The van der Waals surface area contributed by atoms with Gasteiger partial charge < -0.3 is 9.68 Å². The maximum absolute atomic E-state index is 4.52. The summed E-state index contributed by atoms with van der Waals surface area (Å²) in [5.41, 5.74) is 1.42. The number of oxime groups is 2. The molecule has 0 aromatic rings. The van der Waals surface area contributed by atoms with Crippen molar-refractivity contribution in [2.24, 2.45) is 10.3 Å². The topological polar surface area (TPSA) is 43.2 Å². The van der Waals surface area contributed by atoms with E-state index < -0.39 is 0 Å². The molecule has 0 aliphatic heterocycles. The van der Waals surface area contributed by atoms with Crippen LogP contribution in [0.25, 0.3) is 0 Å². The summed E-state index contributed by atoms with van der Waals surface area (Å²) in [5.74, 6) is 0. The molecule has 0 bridgehead atoms. The monoisotopic (exact) mass is 144 g/mol. The van der Waals surface area contributed by atoms with E-state index in [0.29, 0.717) is 11.4 Å². The van der Waals surface area contributed by atoms with Crippen LogP contribution in [0.1, 0.15) is 13.8 Å². The van der Waals surface area contributed by atoms with E-state index in [9.17, 15) is 0 Å². The van der Waals surface area contributed by atoms with Crippen LogP contribution in [0.2, 0.25) is 0 Å². The minimum absolute atomic E-state index is 0.712. The molecule has 4 nitrogen and oxygen atoms in total. The minimum atomic E-state index is 0.712. The molecule has 0 aliphatic carbocycles. The van der Waals surface area contributed by atoms with E-state index >= 15 is 0 Å². The largest absolute Gasteiger partial charge is 0.399 e. The predicted molar refractivity (Wildman–Crippen MR) is 40.2 cm³/mol. The van der Waals surface area contributed by atoms with Gasteiger partial charge in [-0.3, -0.25) is 0 Å². The molecule has 10 heavy (non-hydrogen) atoms. The SMILES string of the molecule is CO/N=C(C)\C(C)=N/OC. The molecule has 0 amide bonds. The van der Waals surface area contributed by atoms with Crippen molar-refractivity contribution >= 4 is 11.4 Å². The number of hydrogen-bond donors (Lipinski definition) is 0. The van der Waals surface area contributed by atoms with Crippen LogP contribution >= 0.6 is 0 Å². The van der Waals surface area contributed by atoms with Gasteiger partial charge in [0.15, 0.2) is 0 Å². The fourth-order valence-electron chi connectivity index (χ4n) is 0.406. The molecule has 0 aromatic heterocycles. The van der Waals surface area contributed by atoms with Gasteiger partial charge in [0.1, 0.15) is 25.6 Å². The van der Waals surface area contributed by atoms with Gasteiger partial charge in [0.2, 0.25) is 0 Å². The zero-order valence-electron chi connectivity index (χ0n) is 6.71. The Morgan fingerprint density at radius 3 is 1.40 bits per heavy atom. The summed E-state index contributed by atoms with van der Waals surface area (Å²) in [4.78, 5) is 9.05. The van der Waals surface area contributed by atoms with E-state index in [-0.39, 0.29) is 0 Å². The molecule has 0 aromatic carbocycles. The molecular weight excluding hydrogens is 132 g/mol. The number of rotatable bonds is 3. The first kappa shape index (κ1) is 8.94. The molecule has 0 unspecified atom stereocenters. The molecule has 0 saturated carbocycles. The highest BCUT2D eigenvalue weighted by molar-refractivity contribution is 6.40. The maximum Gasteiger partial charge on any atom is 0.106 e. The summed E-state index contributed by atoms with van der Waals surface area (Å²) < 4.78 is 0. The first-order valence-electron chi connectivity index (χ1n) is 2.88. The second kappa shape index (κ2) is 4.78. The zero-order valence-corrected chi connectivity index (χ0v) is 6.71. The average Bonchev–Trinajstić information content (AvgIpc) is 1.89. The third-order valence-corrected chi connectivity index (χ3v) is 0.980. The summed E-state index contributed by atoms with van der Waals surface area (Å²) in [6.07, 6.45) is 0. The van der Waals surface area contributed by atoms with E-state index in [1.54, 1.807) is 13.8 Å². The number of hydrogen-bond acceptors (Lipinski definition) is 4. The van der Waals surface area contributed by atoms with Crippen LogP contribution in [0, 0.1) is 0 Å². The summed E-state index contributed by atoms with van der Waals surface area (Å²) >= 11 is 0. The Hall–Kier alpha value is -1.06. The summed E-state index contributed by atoms with van der Waals surface area (Å²) in [7, 11) is 2.98. The van der Waals surface area contributed by atoms with Crippen molar-refractivity contribution in [1.29, 1.82) is 0 Å². The van der Waals surface area contributed by atoms with Crippen molar-refractivity contribution in [3.05, 3.63) is 0 Å². The van der Waals surface area contributed by atoms with Gasteiger partial charge in [0.05, 0.1) is 0 Å². The minimum Gasteiger partial charge on any atom is -0.399 e. The van der Waals surface area contributed by atoms with Gasteiger partial charge in [0.25, 0.3) is 0 Å². The lowest BCUT2D eigenvalue weighted by atomic mass is 10.3. The highest BCUT2D eigenvalue weighted by Crippen LogP contribution is 1.84. The Labute approximate surface area is 60.5 Å². The van der Waals surface area contributed by atoms with Crippen molar-refractivity contribution in [3.63, 3.8) is 0 Å². The Balaban J connectivity index is 4.06. The quantitative estimate of drug-likeness (QED) is 0.438. The highest BCUT2D eigenvalue weighted by Gasteiger charge is 1.95. The van der Waals surface area contributed by atoms with Crippen LogP contribution < -0.4 is 0 Å². The molecule has 0 spiro atoms. The molecule has 0 heterocycles. The molecule has 58 valence electrons. The van der Waals surface area contributed by atoms with E-state index in [1.807, 2.05) is 0 Å². The lowest BCUT2D eigenvalue weighted by Crippen LogP contribution is -2.05. The molecule has 0 rings (SSSR count). The Morgan fingerprint density at radius 1 is 0.900 bits per heavy atom. The zero-order chi connectivity index (χ0) is 7.98. The predicted octanol–water partition coefficient (Wildman–Crippen LogP) is 1.03. The van der Waals surface area contributed by atoms with Crippen LogP contribution in [0.4, 0.5) is 0 Å². The van der Waals surface area contributed by atoms with Crippen molar-refractivity contribution in [2.45, 2.75) is 13.8 Å². The second-order valence-corrected chi connectivity index (χ2v) is 1.72. The third-order valence-electron chi connectivity index (χ3n) is 0.980. The molecule has 0 N–H and O–H groups in total. The molecule has 4 heteroatoms. The van der Waals surface area contributed by atoms with Crippen molar-refractivity contribution in [1.82, 2.24) is 0 Å². The van der Waals surface area contributed by atoms with Crippen LogP contribution in [0.5, 0.6) is 0 Å². The first-order chi connectivity index (χ1) is 4.72. The molecular formula is C6H12N2O2. The van der Waals surface area contributed by atoms with Gasteiger partial charge in [-0.15, -0.1) is 0 Å². The second-order valence-electron chi connectivity index (χ2n) is 1.72. The van der Waals surface area contributed by atoms with E-state index in [4.69, 9.17) is 0 Å². The van der Waals surface area contributed by atoms with Gasteiger partial charge in [-0.25, -0.2) is 0 Å². The van der Waals surface area contributed by atoms with E-state index in [0.717, 1.165) is 0 Å². The normalized spacial score (nSPS) is 13.2. The molecule has 0 saturated heterocycles. The highest BCUT2D eigenvalue weighted by atomic mass is 16.6. The summed E-state index contributed by atoms with van der Waals surface area (Å²) in [6.45, 7) is 3.59. The summed E-state index contributed by atoms with van der Waals surface area (Å²) in [5, 5.41) is 7.30. The van der Waals surface area contributed by atoms with Crippen molar-refractivity contribution in [2.75, 3.05) is 14.2 Å². The lowest BCUT2D eigenvalue weighted by molar-refractivity contribution is 0.209. The fourth-order valence-corrected chi connectivity index (χ4v) is 0.406. The molecule has 0 radical (unpaired) electrons. The Bertz CT molecular complexity index is 134. The van der Waals surface area contributed by atoms with Crippen molar-refractivity contribution < 1.29 is 9.68 Å². The van der Waals surface area contributed by atoms with Gasteiger partial charge in [0, 0.05) is 0 Å². The molecule has 0 atom stereocenters. The smallest absolute Gasteiger partial charge is 0.106 e. The maximum atomic E-state index is 4.52. The van der Waals surface area contributed by atoms with Crippen LogP contribution in [-0.4, -0.2) is 25.6 Å².